The van der Waals surface area contributed by atoms with Gasteiger partial charge in [0.2, 0.25) is 0 Å². The van der Waals surface area contributed by atoms with Crippen LogP contribution in [0.15, 0.2) is 52.3 Å². The molecule has 146 valence electrons. The lowest BCUT2D eigenvalue weighted by atomic mass is 10.2. The van der Waals surface area contributed by atoms with Gasteiger partial charge < -0.3 is 5.32 Å². The van der Waals surface area contributed by atoms with E-state index in [1.54, 1.807) is 0 Å². The number of halogens is 1. The van der Waals surface area contributed by atoms with Crippen molar-refractivity contribution in [2.24, 2.45) is 0 Å². The molecular formula is C17H19ClN2O5S2. The van der Waals surface area contributed by atoms with Crippen LogP contribution in [0, 0.1) is 0 Å². The van der Waals surface area contributed by atoms with Crippen molar-refractivity contribution in [3.05, 3.63) is 53.1 Å². The molecule has 0 spiro atoms. The van der Waals surface area contributed by atoms with Gasteiger partial charge in [-0.15, -0.1) is 0 Å². The minimum atomic E-state index is -3.99. The first kappa shape index (κ1) is 21.2. The molecule has 0 aromatic heterocycles. The second-order valence-electron chi connectivity index (χ2n) is 5.80. The molecular weight excluding hydrogens is 412 g/mol. The lowest BCUT2D eigenvalue weighted by Gasteiger charge is -2.11. The fraction of sp³-hybridized carbons (Fsp3) is 0.235. The van der Waals surface area contributed by atoms with Crippen LogP contribution in [0.4, 0.5) is 5.69 Å². The molecule has 0 heterocycles. The van der Waals surface area contributed by atoms with Gasteiger partial charge in [0.05, 0.1) is 20.4 Å². The zero-order valence-corrected chi connectivity index (χ0v) is 17.1. The van der Waals surface area contributed by atoms with Gasteiger partial charge in [-0.3, -0.25) is 9.52 Å². The van der Waals surface area contributed by atoms with Gasteiger partial charge in [0, 0.05) is 18.5 Å². The van der Waals surface area contributed by atoms with E-state index in [-0.39, 0.29) is 26.1 Å². The molecule has 0 aliphatic carbocycles. The first-order valence-electron chi connectivity index (χ1n) is 7.95. The summed E-state index contributed by atoms with van der Waals surface area (Å²) >= 11 is 6.01. The fourth-order valence-electron chi connectivity index (χ4n) is 2.16. The van der Waals surface area contributed by atoms with E-state index in [9.17, 15) is 21.6 Å². The average Bonchev–Trinajstić information content (AvgIpc) is 2.59. The van der Waals surface area contributed by atoms with E-state index in [2.05, 4.69) is 10.0 Å². The highest BCUT2D eigenvalue weighted by Gasteiger charge is 2.19. The minimum Gasteiger partial charge on any atom is -0.352 e. The highest BCUT2D eigenvalue weighted by Crippen LogP contribution is 2.23. The average molecular weight is 431 g/mol. The lowest BCUT2D eigenvalue weighted by molar-refractivity contribution is 0.0953. The summed E-state index contributed by atoms with van der Waals surface area (Å²) in [5.74, 6) is -0.462. The molecule has 7 nitrogen and oxygen atoms in total. The van der Waals surface area contributed by atoms with Crippen LogP contribution in [0.2, 0.25) is 5.02 Å². The Bertz CT molecular complexity index is 1050. The molecule has 10 heteroatoms. The third-order valence-electron chi connectivity index (χ3n) is 3.56. The molecule has 2 aromatic carbocycles. The Morgan fingerprint density at radius 1 is 1.00 bits per heavy atom. The van der Waals surface area contributed by atoms with Crippen molar-refractivity contribution in [2.45, 2.75) is 23.1 Å². The maximum Gasteiger partial charge on any atom is 0.261 e. The van der Waals surface area contributed by atoms with Crippen molar-refractivity contribution < 1.29 is 21.6 Å². The van der Waals surface area contributed by atoms with Crippen LogP contribution in [0.25, 0.3) is 0 Å². The monoisotopic (exact) mass is 430 g/mol. The van der Waals surface area contributed by atoms with Crippen LogP contribution in [-0.2, 0) is 19.9 Å². The quantitative estimate of drug-likeness (QED) is 0.701. The Kier molecular flexibility index (Phi) is 6.50. The van der Waals surface area contributed by atoms with E-state index in [1.165, 1.54) is 42.5 Å². The summed E-state index contributed by atoms with van der Waals surface area (Å²) in [5.41, 5.74) is 0.245. The number of sulfonamides is 1. The third kappa shape index (κ3) is 5.44. The molecule has 2 rings (SSSR count). The zero-order valence-electron chi connectivity index (χ0n) is 14.7. The van der Waals surface area contributed by atoms with Crippen LogP contribution in [0.1, 0.15) is 23.7 Å². The fourth-order valence-corrected chi connectivity index (χ4v) is 4.08. The van der Waals surface area contributed by atoms with Gasteiger partial charge in [-0.2, -0.15) is 0 Å². The van der Waals surface area contributed by atoms with E-state index in [1.807, 2.05) is 6.92 Å². The highest BCUT2D eigenvalue weighted by atomic mass is 35.5. The third-order valence-corrected chi connectivity index (χ3v) is 6.40. The summed E-state index contributed by atoms with van der Waals surface area (Å²) in [4.78, 5) is 12.1. The van der Waals surface area contributed by atoms with E-state index < -0.39 is 25.8 Å². The zero-order chi connectivity index (χ0) is 20.2. The maximum atomic E-state index is 12.6. The molecule has 1 amide bonds. The van der Waals surface area contributed by atoms with E-state index in [0.29, 0.717) is 6.54 Å². The van der Waals surface area contributed by atoms with Crippen LogP contribution in [0.3, 0.4) is 0 Å². The molecule has 2 aromatic rings. The highest BCUT2D eigenvalue weighted by molar-refractivity contribution is 7.92. The largest absolute Gasteiger partial charge is 0.352 e. The van der Waals surface area contributed by atoms with Crippen molar-refractivity contribution in [1.82, 2.24) is 5.32 Å². The number of hydrogen-bond acceptors (Lipinski definition) is 5. The number of amides is 1. The first-order chi connectivity index (χ1) is 12.5. The van der Waals surface area contributed by atoms with E-state index in [0.717, 1.165) is 12.7 Å². The Labute approximate surface area is 163 Å². The van der Waals surface area contributed by atoms with Crippen LogP contribution >= 0.6 is 11.6 Å². The minimum absolute atomic E-state index is 0.0559. The molecule has 0 atom stereocenters. The van der Waals surface area contributed by atoms with E-state index in [4.69, 9.17) is 11.6 Å². The molecule has 0 unspecified atom stereocenters. The van der Waals surface area contributed by atoms with Gasteiger partial charge in [-0.1, -0.05) is 18.5 Å². The maximum absolute atomic E-state index is 12.6. The molecule has 0 fully saturated rings. The first-order valence-corrected chi connectivity index (χ1v) is 11.7. The summed E-state index contributed by atoms with van der Waals surface area (Å²) in [6.07, 6.45) is 1.79. The van der Waals surface area contributed by atoms with Gasteiger partial charge >= 0.3 is 0 Å². The van der Waals surface area contributed by atoms with Gasteiger partial charge in [0.15, 0.2) is 9.84 Å². The van der Waals surface area contributed by atoms with Gasteiger partial charge in [-0.25, -0.2) is 16.8 Å². The summed E-state index contributed by atoms with van der Waals surface area (Å²) < 4.78 is 50.4. The second-order valence-corrected chi connectivity index (χ2v) is 9.90. The number of rotatable bonds is 7. The summed E-state index contributed by atoms with van der Waals surface area (Å²) in [6, 6.07) is 9.12. The van der Waals surface area contributed by atoms with Gasteiger partial charge in [0.25, 0.3) is 15.9 Å². The molecule has 0 saturated carbocycles. The molecule has 0 radical (unpaired) electrons. The number of nitrogens with one attached hydrogen (secondary N) is 2. The SMILES string of the molecule is CCCNC(=O)c1cc(S(=O)(=O)Nc2ccc(S(C)(=O)=O)cc2)ccc1Cl. The number of hydrogen-bond donors (Lipinski definition) is 2. The number of carbonyl (C=O) groups is 1. The van der Waals surface area contributed by atoms with Crippen LogP contribution in [-0.4, -0.2) is 35.5 Å². The lowest BCUT2D eigenvalue weighted by Crippen LogP contribution is -2.24. The Morgan fingerprint density at radius 2 is 1.59 bits per heavy atom. The van der Waals surface area contributed by atoms with Crippen molar-refractivity contribution in [2.75, 3.05) is 17.5 Å². The van der Waals surface area contributed by atoms with E-state index >= 15 is 0 Å². The molecule has 27 heavy (non-hydrogen) atoms. The summed E-state index contributed by atoms with van der Waals surface area (Å²) in [7, 11) is -7.37. The number of benzene rings is 2. The predicted octanol–water partition coefficient (Wildman–Crippen LogP) is 2.68. The number of anilines is 1. The standard InChI is InChI=1S/C17H19ClN2O5S2/c1-3-10-19-17(21)15-11-14(8-9-16(15)18)27(24,25)20-12-4-6-13(7-5-12)26(2,22)23/h4-9,11,20H,3,10H2,1-2H3,(H,19,21). The smallest absolute Gasteiger partial charge is 0.261 e. The van der Waals surface area contributed by atoms with Crippen molar-refractivity contribution >= 4 is 43.1 Å². The topological polar surface area (TPSA) is 109 Å². The van der Waals surface area contributed by atoms with Gasteiger partial charge in [-0.05, 0) is 48.9 Å². The number of sulfone groups is 1. The second kappa shape index (κ2) is 8.28. The van der Waals surface area contributed by atoms with Gasteiger partial charge in [0.1, 0.15) is 0 Å². The molecule has 0 aliphatic heterocycles. The molecule has 0 aliphatic rings. The Hall–Kier alpha value is -2.10. The Morgan fingerprint density at radius 3 is 2.15 bits per heavy atom. The summed E-state index contributed by atoms with van der Waals surface area (Å²) in [6.45, 7) is 2.33. The molecule has 0 bridgehead atoms. The van der Waals surface area contributed by atoms with Crippen molar-refractivity contribution in [3.63, 3.8) is 0 Å². The predicted molar refractivity (Wildman–Crippen MR) is 104 cm³/mol. The summed E-state index contributed by atoms with van der Waals surface area (Å²) in [5, 5.41) is 2.78. The van der Waals surface area contributed by atoms with Crippen molar-refractivity contribution in [3.8, 4) is 0 Å². The molecule has 2 N–H and O–H groups in total. The Balaban J connectivity index is 2.30. The number of carbonyl (C=O) groups excluding carboxylic acids is 1. The van der Waals surface area contributed by atoms with Crippen molar-refractivity contribution in [1.29, 1.82) is 0 Å². The van der Waals surface area contributed by atoms with Crippen LogP contribution in [0.5, 0.6) is 0 Å². The van der Waals surface area contributed by atoms with Crippen LogP contribution < -0.4 is 10.0 Å². The normalized spacial score (nSPS) is 11.8. The molecule has 0 saturated heterocycles.